The second-order valence-electron chi connectivity index (χ2n) is 5.62. The van der Waals surface area contributed by atoms with Crippen molar-refractivity contribution in [2.45, 2.75) is 32.6 Å². The average Bonchev–Trinajstić information content (AvgIpc) is 2.98. The lowest BCUT2D eigenvalue weighted by atomic mass is 9.91. The molecule has 0 amide bonds. The first-order valence-corrected chi connectivity index (χ1v) is 7.93. The zero-order valence-corrected chi connectivity index (χ0v) is 12.7. The van der Waals surface area contributed by atoms with Gasteiger partial charge in [0.1, 0.15) is 0 Å². The smallest absolute Gasteiger partial charge is 0.00792 e. The van der Waals surface area contributed by atoms with Crippen LogP contribution in [0.1, 0.15) is 43.7 Å². The summed E-state index contributed by atoms with van der Waals surface area (Å²) in [6.07, 6.45) is 7.20. The number of hydrogen-bond donors (Lipinski definition) is 0. The van der Waals surface area contributed by atoms with Gasteiger partial charge in [0.05, 0.1) is 0 Å². The lowest BCUT2D eigenvalue weighted by molar-refractivity contribution is 0.800. The van der Waals surface area contributed by atoms with Crippen molar-refractivity contribution in [1.82, 2.24) is 0 Å². The first-order valence-electron chi connectivity index (χ1n) is 7.93. The third kappa shape index (κ3) is 3.00. The van der Waals surface area contributed by atoms with Crippen LogP contribution in [0.2, 0.25) is 0 Å². The molecule has 1 aliphatic rings. The van der Waals surface area contributed by atoms with Gasteiger partial charge in [0.2, 0.25) is 0 Å². The van der Waals surface area contributed by atoms with E-state index < -0.39 is 0 Å². The first-order chi connectivity index (χ1) is 10.4. The summed E-state index contributed by atoms with van der Waals surface area (Å²) in [7, 11) is 0. The lowest BCUT2D eigenvalue weighted by Crippen LogP contribution is -1.91. The molecule has 0 aliphatic heterocycles. The zero-order valence-electron chi connectivity index (χ0n) is 12.7. The summed E-state index contributed by atoms with van der Waals surface area (Å²) in [4.78, 5) is 0. The second kappa shape index (κ2) is 6.58. The van der Waals surface area contributed by atoms with Gasteiger partial charge in [-0.25, -0.2) is 0 Å². The first kappa shape index (κ1) is 13.9. The molecule has 0 nitrogen and oxygen atoms in total. The molecule has 0 saturated heterocycles. The van der Waals surface area contributed by atoms with Crippen molar-refractivity contribution in [3.63, 3.8) is 0 Å². The monoisotopic (exact) mass is 274 g/mol. The summed E-state index contributed by atoms with van der Waals surface area (Å²) in [5, 5.41) is 0. The van der Waals surface area contributed by atoms with Gasteiger partial charge in [0.15, 0.2) is 0 Å². The Morgan fingerprint density at radius 2 is 1.43 bits per heavy atom. The summed E-state index contributed by atoms with van der Waals surface area (Å²) in [5.74, 6) is 0. The zero-order chi connectivity index (χ0) is 14.5. The minimum absolute atomic E-state index is 1.06. The molecular formula is C21H22. The molecule has 0 unspecified atom stereocenters. The Bertz CT molecular complexity index is 645. The van der Waals surface area contributed by atoms with Crippen molar-refractivity contribution in [1.29, 1.82) is 0 Å². The molecule has 2 aromatic carbocycles. The van der Waals surface area contributed by atoms with Crippen molar-refractivity contribution in [3.8, 4) is 0 Å². The van der Waals surface area contributed by atoms with Crippen LogP contribution < -0.4 is 0 Å². The highest BCUT2D eigenvalue weighted by atomic mass is 14.2. The normalized spacial score (nSPS) is 14.4. The summed E-state index contributed by atoms with van der Waals surface area (Å²) in [6, 6.07) is 21.7. The fourth-order valence-corrected chi connectivity index (χ4v) is 3.08. The van der Waals surface area contributed by atoms with Gasteiger partial charge in [-0.05, 0) is 47.1 Å². The maximum Gasteiger partial charge on any atom is -0.00792 e. The number of unbranched alkanes of at least 4 members (excludes halogenated alkanes) is 1. The number of rotatable bonds is 5. The van der Waals surface area contributed by atoms with E-state index in [-0.39, 0.29) is 0 Å². The summed E-state index contributed by atoms with van der Waals surface area (Å²) in [6.45, 7) is 2.26. The molecule has 0 spiro atoms. The molecule has 2 aromatic rings. The van der Waals surface area contributed by atoms with Crippen LogP contribution in [0.25, 0.3) is 11.1 Å². The van der Waals surface area contributed by atoms with E-state index in [1.807, 2.05) is 0 Å². The molecule has 0 N–H and O–H groups in total. The van der Waals surface area contributed by atoms with E-state index in [2.05, 4.69) is 73.7 Å². The second-order valence-corrected chi connectivity index (χ2v) is 5.62. The van der Waals surface area contributed by atoms with Crippen LogP contribution in [0.5, 0.6) is 0 Å². The molecular weight excluding hydrogens is 252 g/mol. The minimum atomic E-state index is 1.06. The van der Waals surface area contributed by atoms with Crippen LogP contribution in [0.15, 0.2) is 72.3 Å². The lowest BCUT2D eigenvalue weighted by Gasteiger charge is -2.13. The summed E-state index contributed by atoms with van der Waals surface area (Å²) < 4.78 is 0. The van der Waals surface area contributed by atoms with Gasteiger partial charge in [-0.15, -0.1) is 0 Å². The topological polar surface area (TPSA) is 0 Å². The van der Waals surface area contributed by atoms with Gasteiger partial charge in [-0.2, -0.15) is 0 Å². The Kier molecular flexibility index (Phi) is 4.35. The molecule has 0 heteroatoms. The molecule has 21 heavy (non-hydrogen) atoms. The van der Waals surface area contributed by atoms with Crippen molar-refractivity contribution < 1.29 is 0 Å². The number of benzene rings is 2. The van der Waals surface area contributed by atoms with Gasteiger partial charge < -0.3 is 0 Å². The fourth-order valence-electron chi connectivity index (χ4n) is 3.08. The molecule has 0 atom stereocenters. The Hall–Kier alpha value is -2.08. The van der Waals surface area contributed by atoms with Gasteiger partial charge in [-0.1, -0.05) is 80.1 Å². The maximum atomic E-state index is 2.43. The highest BCUT2D eigenvalue weighted by molar-refractivity contribution is 6.01. The van der Waals surface area contributed by atoms with Gasteiger partial charge in [0, 0.05) is 0 Å². The molecule has 106 valence electrons. The van der Waals surface area contributed by atoms with Crippen molar-refractivity contribution in [3.05, 3.63) is 83.4 Å². The van der Waals surface area contributed by atoms with Crippen LogP contribution in [-0.2, 0) is 0 Å². The van der Waals surface area contributed by atoms with E-state index in [1.165, 1.54) is 47.1 Å². The molecule has 0 bridgehead atoms. The minimum Gasteiger partial charge on any atom is -0.0762 e. The Balaban J connectivity index is 2.05. The van der Waals surface area contributed by atoms with E-state index in [0.29, 0.717) is 0 Å². The third-order valence-electron chi connectivity index (χ3n) is 4.16. The fraction of sp³-hybridized carbons (Fsp3) is 0.238. The number of hydrogen-bond acceptors (Lipinski definition) is 0. The van der Waals surface area contributed by atoms with E-state index in [1.54, 1.807) is 0 Å². The van der Waals surface area contributed by atoms with Crippen LogP contribution in [0.4, 0.5) is 0 Å². The predicted molar refractivity (Wildman–Crippen MR) is 91.9 cm³/mol. The molecule has 0 aromatic heterocycles. The standard InChI is InChI=1S/C21H22/c1-2-3-10-19-15-16-20(17-11-6-4-7-12-17)21(19)18-13-8-5-9-14-18/h4-9,11-15H,2-3,10,16H2,1H3. The summed E-state index contributed by atoms with van der Waals surface area (Å²) in [5.41, 5.74) is 7.19. The van der Waals surface area contributed by atoms with Crippen molar-refractivity contribution >= 4 is 11.1 Å². The largest absolute Gasteiger partial charge is 0.0762 e. The molecule has 3 rings (SSSR count). The molecule has 0 heterocycles. The highest BCUT2D eigenvalue weighted by Crippen LogP contribution is 2.41. The van der Waals surface area contributed by atoms with Gasteiger partial charge >= 0.3 is 0 Å². The Labute approximate surface area is 127 Å². The van der Waals surface area contributed by atoms with Crippen LogP contribution >= 0.6 is 0 Å². The Morgan fingerprint density at radius 1 is 0.810 bits per heavy atom. The Morgan fingerprint density at radius 3 is 2.05 bits per heavy atom. The van der Waals surface area contributed by atoms with E-state index in [0.717, 1.165) is 6.42 Å². The number of allylic oxidation sites excluding steroid dienone is 4. The van der Waals surface area contributed by atoms with E-state index >= 15 is 0 Å². The quantitative estimate of drug-likeness (QED) is 0.616. The molecule has 1 aliphatic carbocycles. The average molecular weight is 274 g/mol. The van der Waals surface area contributed by atoms with Crippen LogP contribution in [0.3, 0.4) is 0 Å². The maximum absolute atomic E-state index is 2.43. The SMILES string of the molecule is CCCCC1=CCC(c2ccccc2)=C1c1ccccc1. The molecule has 0 saturated carbocycles. The third-order valence-corrected chi connectivity index (χ3v) is 4.16. The van der Waals surface area contributed by atoms with Crippen molar-refractivity contribution in [2.75, 3.05) is 0 Å². The van der Waals surface area contributed by atoms with Crippen LogP contribution in [0, 0.1) is 0 Å². The summed E-state index contributed by atoms with van der Waals surface area (Å²) >= 11 is 0. The highest BCUT2D eigenvalue weighted by Gasteiger charge is 2.19. The van der Waals surface area contributed by atoms with Crippen LogP contribution in [-0.4, -0.2) is 0 Å². The van der Waals surface area contributed by atoms with Crippen molar-refractivity contribution in [2.24, 2.45) is 0 Å². The molecule has 0 fully saturated rings. The van der Waals surface area contributed by atoms with Gasteiger partial charge in [0.25, 0.3) is 0 Å². The van der Waals surface area contributed by atoms with E-state index in [4.69, 9.17) is 0 Å². The van der Waals surface area contributed by atoms with E-state index in [9.17, 15) is 0 Å². The van der Waals surface area contributed by atoms with Gasteiger partial charge in [-0.3, -0.25) is 0 Å². The predicted octanol–water partition coefficient (Wildman–Crippen LogP) is 6.12. The molecule has 0 radical (unpaired) electrons.